The average molecular weight is 408 g/mol. The summed E-state index contributed by atoms with van der Waals surface area (Å²) in [6, 6.07) is 16.3. The van der Waals surface area contributed by atoms with Gasteiger partial charge in [-0.15, -0.1) is 0 Å². The van der Waals surface area contributed by atoms with E-state index in [0.717, 1.165) is 41.7 Å². The van der Waals surface area contributed by atoms with Gasteiger partial charge in [0.2, 0.25) is 5.13 Å². The molecule has 1 fully saturated rings. The number of carbonyl (C=O) groups excluding carboxylic acids is 1. The molecule has 0 saturated carbocycles. The Morgan fingerprint density at radius 1 is 1.07 bits per heavy atom. The number of aryl methyl sites for hydroxylation is 2. The van der Waals surface area contributed by atoms with Crippen molar-refractivity contribution in [2.24, 2.45) is 0 Å². The van der Waals surface area contributed by atoms with Gasteiger partial charge in [0.15, 0.2) is 0 Å². The van der Waals surface area contributed by atoms with Crippen LogP contribution in [0.15, 0.2) is 48.5 Å². The van der Waals surface area contributed by atoms with Gasteiger partial charge in [0.25, 0.3) is 0 Å². The lowest BCUT2D eigenvalue weighted by Crippen LogP contribution is -2.50. The zero-order chi connectivity index (χ0) is 20.2. The molecule has 6 nitrogen and oxygen atoms in total. The molecule has 1 saturated heterocycles. The number of piperazine rings is 1. The Kier molecular flexibility index (Phi) is 5.76. The summed E-state index contributed by atoms with van der Waals surface area (Å²) in [4.78, 5) is 21.4. The van der Waals surface area contributed by atoms with Crippen LogP contribution in [0.1, 0.15) is 22.5 Å². The Morgan fingerprint density at radius 3 is 2.55 bits per heavy atom. The van der Waals surface area contributed by atoms with Gasteiger partial charge in [0.05, 0.1) is 0 Å². The monoisotopic (exact) mass is 407 g/mol. The van der Waals surface area contributed by atoms with E-state index in [1.807, 2.05) is 42.2 Å². The summed E-state index contributed by atoms with van der Waals surface area (Å²) in [5.74, 6) is 0.853. The van der Waals surface area contributed by atoms with Gasteiger partial charge in [0, 0.05) is 49.8 Å². The lowest BCUT2D eigenvalue weighted by molar-refractivity contribution is 0.208. The molecule has 2 aromatic carbocycles. The Balaban J connectivity index is 1.32. The second-order valence-electron chi connectivity index (χ2n) is 7.38. The third kappa shape index (κ3) is 4.74. The van der Waals surface area contributed by atoms with Crippen molar-refractivity contribution in [3.8, 4) is 0 Å². The number of nitrogens with zero attached hydrogens (tertiary/aromatic N) is 4. The number of amides is 2. The number of nitrogens with one attached hydrogen (secondary N) is 1. The number of hydrogen-bond donors (Lipinski definition) is 1. The van der Waals surface area contributed by atoms with E-state index in [-0.39, 0.29) is 6.03 Å². The highest BCUT2D eigenvalue weighted by Gasteiger charge is 2.23. The maximum Gasteiger partial charge on any atom is 0.321 e. The minimum Gasteiger partial charge on any atom is -0.343 e. The second kappa shape index (κ2) is 8.61. The van der Waals surface area contributed by atoms with Crippen LogP contribution in [0.25, 0.3) is 0 Å². The van der Waals surface area contributed by atoms with Crippen molar-refractivity contribution in [1.29, 1.82) is 0 Å². The number of aromatic nitrogens is 2. The summed E-state index contributed by atoms with van der Waals surface area (Å²) in [6.07, 6.45) is 0.746. The SMILES string of the molecule is Cc1ccc(NC(=O)N2CCN(c3nc(Cc4ccccc4)ns3)CC2)c(C)c1. The summed E-state index contributed by atoms with van der Waals surface area (Å²) in [5, 5.41) is 3.97. The van der Waals surface area contributed by atoms with E-state index in [4.69, 9.17) is 4.98 Å². The van der Waals surface area contributed by atoms with Gasteiger partial charge in [-0.3, -0.25) is 0 Å². The van der Waals surface area contributed by atoms with Crippen LogP contribution < -0.4 is 10.2 Å². The van der Waals surface area contributed by atoms with Gasteiger partial charge in [-0.2, -0.15) is 4.37 Å². The van der Waals surface area contributed by atoms with Gasteiger partial charge in [-0.05, 0) is 31.0 Å². The average Bonchev–Trinajstić information content (AvgIpc) is 3.19. The molecular weight excluding hydrogens is 382 g/mol. The molecule has 4 rings (SSSR count). The molecule has 0 bridgehead atoms. The summed E-state index contributed by atoms with van der Waals surface area (Å²) in [5.41, 5.74) is 4.36. The minimum atomic E-state index is -0.0429. The van der Waals surface area contributed by atoms with Crippen molar-refractivity contribution in [1.82, 2.24) is 14.3 Å². The first-order valence-corrected chi connectivity index (χ1v) is 10.6. The lowest BCUT2D eigenvalue weighted by Gasteiger charge is -2.34. The molecule has 0 atom stereocenters. The first kappa shape index (κ1) is 19.4. The Labute approximate surface area is 175 Å². The Hall–Kier alpha value is -2.93. The fourth-order valence-electron chi connectivity index (χ4n) is 3.47. The normalized spacial score (nSPS) is 14.1. The zero-order valence-electron chi connectivity index (χ0n) is 16.8. The number of hydrogen-bond acceptors (Lipinski definition) is 5. The van der Waals surface area contributed by atoms with Crippen LogP contribution in [0.3, 0.4) is 0 Å². The standard InChI is InChI=1S/C22H25N5OS/c1-16-8-9-19(17(2)14-16)23-21(28)26-10-12-27(13-11-26)22-24-20(25-29-22)15-18-6-4-3-5-7-18/h3-9,14H,10-13,15H2,1-2H3,(H,23,28). The largest absolute Gasteiger partial charge is 0.343 e. The molecule has 0 spiro atoms. The summed E-state index contributed by atoms with van der Waals surface area (Å²) < 4.78 is 4.51. The molecule has 2 amide bonds. The van der Waals surface area contributed by atoms with Crippen molar-refractivity contribution < 1.29 is 4.79 Å². The van der Waals surface area contributed by atoms with Gasteiger partial charge >= 0.3 is 6.03 Å². The molecule has 2 heterocycles. The predicted octanol–water partition coefficient (Wildman–Crippen LogP) is 4.10. The fourth-order valence-corrected chi connectivity index (χ4v) is 4.21. The van der Waals surface area contributed by atoms with Crippen LogP contribution in [0.2, 0.25) is 0 Å². The summed E-state index contributed by atoms with van der Waals surface area (Å²) in [6.45, 7) is 6.94. The van der Waals surface area contributed by atoms with E-state index >= 15 is 0 Å². The summed E-state index contributed by atoms with van der Waals surface area (Å²) in [7, 11) is 0. The lowest BCUT2D eigenvalue weighted by atomic mass is 10.1. The molecule has 1 N–H and O–H groups in total. The topological polar surface area (TPSA) is 61.4 Å². The highest BCUT2D eigenvalue weighted by Crippen LogP contribution is 2.21. The maximum absolute atomic E-state index is 12.6. The van der Waals surface area contributed by atoms with Crippen LogP contribution in [0, 0.1) is 13.8 Å². The highest BCUT2D eigenvalue weighted by atomic mass is 32.1. The first-order valence-electron chi connectivity index (χ1n) is 9.83. The number of benzene rings is 2. The molecule has 29 heavy (non-hydrogen) atoms. The molecule has 0 radical (unpaired) electrons. The quantitative estimate of drug-likeness (QED) is 0.707. The molecule has 0 unspecified atom stereocenters. The molecular formula is C22H25N5OS. The first-order chi connectivity index (χ1) is 14.1. The van der Waals surface area contributed by atoms with Crippen molar-refractivity contribution in [2.45, 2.75) is 20.3 Å². The third-order valence-corrected chi connectivity index (χ3v) is 5.94. The second-order valence-corrected chi connectivity index (χ2v) is 8.11. The van der Waals surface area contributed by atoms with Gasteiger partial charge in [0.1, 0.15) is 5.82 Å². The smallest absolute Gasteiger partial charge is 0.321 e. The molecule has 3 aromatic rings. The van der Waals surface area contributed by atoms with Crippen molar-refractivity contribution in [3.05, 3.63) is 71.0 Å². The number of anilines is 2. The van der Waals surface area contributed by atoms with E-state index in [1.165, 1.54) is 22.7 Å². The van der Waals surface area contributed by atoms with Gasteiger partial charge in [-0.1, -0.05) is 48.0 Å². The van der Waals surface area contributed by atoms with Crippen LogP contribution in [-0.4, -0.2) is 46.5 Å². The van der Waals surface area contributed by atoms with E-state index in [1.54, 1.807) is 0 Å². The van der Waals surface area contributed by atoms with Crippen LogP contribution in [0.5, 0.6) is 0 Å². The van der Waals surface area contributed by atoms with Crippen LogP contribution in [0.4, 0.5) is 15.6 Å². The fraction of sp³-hybridized carbons (Fsp3) is 0.318. The van der Waals surface area contributed by atoms with E-state index in [9.17, 15) is 4.79 Å². The minimum absolute atomic E-state index is 0.0429. The zero-order valence-corrected chi connectivity index (χ0v) is 17.6. The molecule has 150 valence electrons. The molecule has 1 aliphatic rings. The van der Waals surface area contributed by atoms with E-state index in [2.05, 4.69) is 39.7 Å². The van der Waals surface area contributed by atoms with E-state index in [0.29, 0.717) is 13.1 Å². The highest BCUT2D eigenvalue weighted by molar-refractivity contribution is 7.09. The predicted molar refractivity (Wildman–Crippen MR) is 118 cm³/mol. The number of carbonyl (C=O) groups is 1. The molecule has 1 aliphatic heterocycles. The van der Waals surface area contributed by atoms with Crippen molar-refractivity contribution >= 4 is 28.4 Å². The third-order valence-electron chi connectivity index (χ3n) is 5.12. The number of rotatable bonds is 4. The Morgan fingerprint density at radius 2 is 1.83 bits per heavy atom. The molecule has 1 aromatic heterocycles. The van der Waals surface area contributed by atoms with Gasteiger partial charge in [-0.25, -0.2) is 9.78 Å². The van der Waals surface area contributed by atoms with Crippen molar-refractivity contribution in [2.75, 3.05) is 36.4 Å². The summed E-state index contributed by atoms with van der Waals surface area (Å²) >= 11 is 1.44. The van der Waals surface area contributed by atoms with E-state index < -0.39 is 0 Å². The maximum atomic E-state index is 12.6. The Bertz CT molecular complexity index is 980. The van der Waals surface area contributed by atoms with Crippen molar-refractivity contribution in [3.63, 3.8) is 0 Å². The van der Waals surface area contributed by atoms with Gasteiger partial charge < -0.3 is 15.1 Å². The molecule has 0 aliphatic carbocycles. The number of urea groups is 1. The van der Waals surface area contributed by atoms with Crippen LogP contribution in [-0.2, 0) is 6.42 Å². The van der Waals surface area contributed by atoms with Crippen LogP contribution >= 0.6 is 11.5 Å². The molecule has 7 heteroatoms.